The monoisotopic (exact) mass is 272 g/mol. The molecule has 6 heteroatoms. The molecule has 0 saturated carbocycles. The zero-order chi connectivity index (χ0) is 14.3. The van der Waals surface area contributed by atoms with Gasteiger partial charge in [0.15, 0.2) is 17.3 Å². The van der Waals surface area contributed by atoms with Gasteiger partial charge in [0.1, 0.15) is 12.4 Å². The zero-order valence-electron chi connectivity index (χ0n) is 10.4. The van der Waals surface area contributed by atoms with Crippen molar-refractivity contribution in [1.29, 1.82) is 0 Å². The van der Waals surface area contributed by atoms with Crippen molar-refractivity contribution >= 4 is 11.8 Å². The van der Waals surface area contributed by atoms with Crippen molar-refractivity contribution in [2.75, 3.05) is 13.2 Å². The zero-order valence-corrected chi connectivity index (χ0v) is 10.4. The molecule has 0 atom stereocenters. The number of hydrogen-bond donors (Lipinski definition) is 0. The molecule has 0 heterocycles. The van der Waals surface area contributed by atoms with Crippen LogP contribution in [0.5, 0.6) is 5.75 Å². The van der Waals surface area contributed by atoms with Crippen molar-refractivity contribution in [2.45, 2.75) is 19.8 Å². The molecule has 0 aliphatic heterocycles. The van der Waals surface area contributed by atoms with E-state index in [1.807, 2.05) is 0 Å². The number of benzene rings is 1. The minimum absolute atomic E-state index is 0.0539. The molecule has 0 N–H and O–H groups in total. The molecule has 19 heavy (non-hydrogen) atoms. The van der Waals surface area contributed by atoms with Crippen molar-refractivity contribution < 1.29 is 27.8 Å². The lowest BCUT2D eigenvalue weighted by Crippen LogP contribution is -2.14. The van der Waals surface area contributed by atoms with E-state index in [-0.39, 0.29) is 25.2 Å². The summed E-state index contributed by atoms with van der Waals surface area (Å²) in [4.78, 5) is 22.4. The molecule has 1 rings (SSSR count). The topological polar surface area (TPSA) is 52.6 Å². The summed E-state index contributed by atoms with van der Waals surface area (Å²) in [5.41, 5.74) is 0. The largest absolute Gasteiger partial charge is 0.483 e. The fraction of sp³-hybridized carbons (Fsp3) is 0.385. The summed E-state index contributed by atoms with van der Waals surface area (Å²) in [6, 6.07) is 2.71. The van der Waals surface area contributed by atoms with Gasteiger partial charge in [-0.25, -0.2) is 8.78 Å². The molecule has 0 aliphatic rings. The summed E-state index contributed by atoms with van der Waals surface area (Å²) in [6.45, 7) is 1.49. The van der Waals surface area contributed by atoms with Crippen LogP contribution in [0.15, 0.2) is 18.2 Å². The van der Waals surface area contributed by atoms with Crippen LogP contribution in [0.2, 0.25) is 0 Å². The average molecular weight is 272 g/mol. The van der Waals surface area contributed by atoms with E-state index < -0.39 is 30.0 Å². The minimum Gasteiger partial charge on any atom is -0.483 e. The first-order valence-electron chi connectivity index (χ1n) is 5.78. The fourth-order valence-corrected chi connectivity index (χ4v) is 1.29. The van der Waals surface area contributed by atoms with Gasteiger partial charge in [-0.15, -0.1) is 0 Å². The molecule has 0 radical (unpaired) electrons. The van der Waals surface area contributed by atoms with Gasteiger partial charge in [0.05, 0.1) is 13.0 Å². The highest BCUT2D eigenvalue weighted by Crippen LogP contribution is 2.17. The number of esters is 1. The van der Waals surface area contributed by atoms with Gasteiger partial charge in [-0.2, -0.15) is 0 Å². The van der Waals surface area contributed by atoms with Crippen LogP contribution in [0.3, 0.4) is 0 Å². The molecule has 104 valence electrons. The van der Waals surface area contributed by atoms with Gasteiger partial charge in [0.2, 0.25) is 0 Å². The lowest BCUT2D eigenvalue weighted by atomic mass is 10.2. The molecular weight excluding hydrogens is 258 g/mol. The van der Waals surface area contributed by atoms with E-state index in [9.17, 15) is 18.4 Å². The van der Waals surface area contributed by atoms with Gasteiger partial charge in [-0.1, -0.05) is 0 Å². The number of halogens is 2. The smallest absolute Gasteiger partial charge is 0.306 e. The maximum atomic E-state index is 13.2. The van der Waals surface area contributed by atoms with Gasteiger partial charge < -0.3 is 9.47 Å². The molecule has 0 aliphatic carbocycles. The predicted molar refractivity (Wildman–Crippen MR) is 62.7 cm³/mol. The Labute approximate surface area is 109 Å². The molecule has 0 unspecified atom stereocenters. The fourth-order valence-electron chi connectivity index (χ4n) is 1.29. The number of ketones is 1. The van der Waals surface area contributed by atoms with Crippen molar-refractivity contribution in [1.82, 2.24) is 0 Å². The van der Waals surface area contributed by atoms with E-state index in [1.54, 1.807) is 6.92 Å². The highest BCUT2D eigenvalue weighted by molar-refractivity contribution is 5.84. The Bertz CT molecular complexity index is 460. The molecule has 0 amide bonds. The number of Topliss-reactive ketones (excluding diaryl/α,β-unsaturated/α-hetero) is 1. The molecule has 0 saturated heterocycles. The second-order valence-corrected chi connectivity index (χ2v) is 3.71. The third-order valence-electron chi connectivity index (χ3n) is 2.20. The van der Waals surface area contributed by atoms with Crippen molar-refractivity contribution in [3.63, 3.8) is 0 Å². The van der Waals surface area contributed by atoms with Crippen LogP contribution in [-0.2, 0) is 14.3 Å². The van der Waals surface area contributed by atoms with Crippen LogP contribution in [0, 0.1) is 11.6 Å². The van der Waals surface area contributed by atoms with E-state index in [0.717, 1.165) is 18.2 Å². The van der Waals surface area contributed by atoms with Gasteiger partial charge in [0, 0.05) is 12.5 Å². The summed E-state index contributed by atoms with van der Waals surface area (Å²) in [6.07, 6.45) is -0.114. The first kappa shape index (κ1) is 15.1. The van der Waals surface area contributed by atoms with Crippen LogP contribution < -0.4 is 4.74 Å². The molecule has 0 fully saturated rings. The first-order valence-corrected chi connectivity index (χ1v) is 5.78. The van der Waals surface area contributed by atoms with Crippen LogP contribution in [0.1, 0.15) is 19.8 Å². The van der Waals surface area contributed by atoms with Crippen LogP contribution in [0.4, 0.5) is 8.78 Å². The van der Waals surface area contributed by atoms with Crippen molar-refractivity contribution in [2.24, 2.45) is 0 Å². The number of ether oxygens (including phenoxy) is 2. The lowest BCUT2D eigenvalue weighted by molar-refractivity contribution is -0.144. The van der Waals surface area contributed by atoms with Crippen LogP contribution >= 0.6 is 0 Å². The molecule has 1 aromatic carbocycles. The predicted octanol–water partition coefficient (Wildman–Crippen LogP) is 2.26. The van der Waals surface area contributed by atoms with Gasteiger partial charge in [0.25, 0.3) is 0 Å². The van der Waals surface area contributed by atoms with Crippen molar-refractivity contribution in [3.8, 4) is 5.75 Å². The average Bonchev–Trinajstić information content (AvgIpc) is 2.38. The number of carbonyl (C=O) groups excluding carboxylic acids is 2. The van der Waals surface area contributed by atoms with Crippen LogP contribution in [0.25, 0.3) is 0 Å². The van der Waals surface area contributed by atoms with Crippen LogP contribution in [-0.4, -0.2) is 25.0 Å². The minimum atomic E-state index is -0.750. The lowest BCUT2D eigenvalue weighted by Gasteiger charge is -2.06. The Morgan fingerprint density at radius 2 is 1.95 bits per heavy atom. The van der Waals surface area contributed by atoms with E-state index in [1.165, 1.54) is 0 Å². The Morgan fingerprint density at radius 3 is 2.63 bits per heavy atom. The molecule has 0 spiro atoms. The Hall–Kier alpha value is -1.98. The summed E-state index contributed by atoms with van der Waals surface area (Å²) >= 11 is 0. The summed E-state index contributed by atoms with van der Waals surface area (Å²) < 4.78 is 35.5. The van der Waals surface area contributed by atoms with E-state index in [4.69, 9.17) is 4.74 Å². The van der Waals surface area contributed by atoms with E-state index in [0.29, 0.717) is 0 Å². The first-order chi connectivity index (χ1) is 9.02. The highest BCUT2D eigenvalue weighted by atomic mass is 19.1. The van der Waals surface area contributed by atoms with E-state index >= 15 is 0 Å². The quantitative estimate of drug-likeness (QED) is 0.714. The standard InChI is InChI=1S/C13H14F2O4/c1-2-18-13(17)6-4-10(16)8-19-12-7-9(14)3-5-11(12)15/h3,5,7H,2,4,6,8H2,1H3. The van der Waals surface area contributed by atoms with Gasteiger partial charge in [-0.3, -0.25) is 9.59 Å². The third kappa shape index (κ3) is 5.46. The SMILES string of the molecule is CCOC(=O)CCC(=O)COc1cc(F)ccc1F. The number of hydrogen-bond acceptors (Lipinski definition) is 4. The second kappa shape index (κ2) is 7.45. The third-order valence-corrected chi connectivity index (χ3v) is 2.20. The van der Waals surface area contributed by atoms with Gasteiger partial charge >= 0.3 is 5.97 Å². The molecule has 1 aromatic rings. The Balaban J connectivity index is 2.38. The maximum absolute atomic E-state index is 13.2. The Kier molecular flexibility index (Phi) is 5.92. The Morgan fingerprint density at radius 1 is 1.21 bits per heavy atom. The normalized spacial score (nSPS) is 10.1. The summed E-state index contributed by atoms with van der Waals surface area (Å²) in [5, 5.41) is 0. The second-order valence-electron chi connectivity index (χ2n) is 3.71. The molecule has 0 bridgehead atoms. The molecule has 4 nitrogen and oxygen atoms in total. The summed E-state index contributed by atoms with van der Waals surface area (Å²) in [7, 11) is 0. The summed E-state index contributed by atoms with van der Waals surface area (Å²) in [5.74, 6) is -2.61. The highest BCUT2D eigenvalue weighted by Gasteiger charge is 2.10. The van der Waals surface area contributed by atoms with Gasteiger partial charge in [-0.05, 0) is 19.1 Å². The van der Waals surface area contributed by atoms with Crippen molar-refractivity contribution in [3.05, 3.63) is 29.8 Å². The number of carbonyl (C=O) groups is 2. The maximum Gasteiger partial charge on any atom is 0.306 e. The number of rotatable bonds is 7. The molecular formula is C13H14F2O4. The van der Waals surface area contributed by atoms with E-state index in [2.05, 4.69) is 4.74 Å². The molecule has 0 aromatic heterocycles.